The molecule has 21 heavy (non-hydrogen) atoms. The SMILES string of the molecule is CC(Nc1nc(NN)cn2ccnc12)c1cccc(Br)c1. The van der Waals surface area contributed by atoms with E-state index < -0.39 is 0 Å². The zero-order valence-corrected chi connectivity index (χ0v) is 13.0. The van der Waals surface area contributed by atoms with Gasteiger partial charge in [-0.15, -0.1) is 0 Å². The molecule has 0 fully saturated rings. The van der Waals surface area contributed by atoms with Crippen LogP contribution in [-0.4, -0.2) is 14.4 Å². The van der Waals surface area contributed by atoms with Gasteiger partial charge in [-0.1, -0.05) is 28.1 Å². The first kappa shape index (κ1) is 13.8. The number of hydrazine groups is 1. The number of nitrogens with one attached hydrogen (secondary N) is 2. The molecule has 108 valence electrons. The highest BCUT2D eigenvalue weighted by Crippen LogP contribution is 2.24. The molecule has 7 heteroatoms. The van der Waals surface area contributed by atoms with Crippen LogP contribution in [0.15, 0.2) is 47.3 Å². The third-order valence-electron chi connectivity index (χ3n) is 3.22. The summed E-state index contributed by atoms with van der Waals surface area (Å²) < 4.78 is 2.92. The van der Waals surface area contributed by atoms with Crippen LogP contribution in [0.2, 0.25) is 0 Å². The Labute approximate surface area is 130 Å². The maximum absolute atomic E-state index is 5.46. The van der Waals surface area contributed by atoms with Crippen LogP contribution < -0.4 is 16.6 Å². The minimum absolute atomic E-state index is 0.0866. The van der Waals surface area contributed by atoms with Gasteiger partial charge in [-0.3, -0.25) is 0 Å². The van der Waals surface area contributed by atoms with Crippen molar-refractivity contribution < 1.29 is 0 Å². The van der Waals surface area contributed by atoms with Crippen molar-refractivity contribution in [2.24, 2.45) is 5.84 Å². The Kier molecular flexibility index (Phi) is 3.76. The van der Waals surface area contributed by atoms with Crippen LogP contribution in [0, 0.1) is 0 Å². The van der Waals surface area contributed by atoms with Crippen LogP contribution in [0.1, 0.15) is 18.5 Å². The van der Waals surface area contributed by atoms with Gasteiger partial charge in [0.2, 0.25) is 0 Å². The molecule has 2 heterocycles. The summed E-state index contributed by atoms with van der Waals surface area (Å²) in [6.45, 7) is 2.07. The Morgan fingerprint density at radius 2 is 2.24 bits per heavy atom. The van der Waals surface area contributed by atoms with E-state index in [1.165, 1.54) is 0 Å². The summed E-state index contributed by atoms with van der Waals surface area (Å²) >= 11 is 3.49. The molecule has 1 unspecified atom stereocenters. The molecule has 0 radical (unpaired) electrons. The number of nitrogens with two attached hydrogens (primary N) is 1. The van der Waals surface area contributed by atoms with E-state index in [9.17, 15) is 0 Å². The van der Waals surface area contributed by atoms with Gasteiger partial charge in [0.15, 0.2) is 17.3 Å². The molecule has 0 saturated carbocycles. The summed E-state index contributed by atoms with van der Waals surface area (Å²) in [5.74, 6) is 6.72. The normalized spacial score (nSPS) is 12.3. The monoisotopic (exact) mass is 346 g/mol. The van der Waals surface area contributed by atoms with E-state index in [-0.39, 0.29) is 6.04 Å². The number of nitrogens with zero attached hydrogens (tertiary/aromatic N) is 3. The highest BCUT2D eigenvalue weighted by Gasteiger charge is 2.11. The predicted molar refractivity (Wildman–Crippen MR) is 87.0 cm³/mol. The number of benzene rings is 1. The van der Waals surface area contributed by atoms with Crippen LogP contribution in [0.5, 0.6) is 0 Å². The molecule has 3 aromatic rings. The lowest BCUT2D eigenvalue weighted by Gasteiger charge is -2.16. The maximum atomic E-state index is 5.46. The fourth-order valence-electron chi connectivity index (χ4n) is 2.16. The second kappa shape index (κ2) is 5.71. The Morgan fingerprint density at radius 1 is 1.38 bits per heavy atom. The van der Waals surface area contributed by atoms with Gasteiger partial charge in [0.1, 0.15) is 0 Å². The molecular weight excluding hydrogens is 332 g/mol. The lowest BCUT2D eigenvalue weighted by Crippen LogP contribution is -2.13. The summed E-state index contributed by atoms with van der Waals surface area (Å²) in [6.07, 6.45) is 5.37. The summed E-state index contributed by atoms with van der Waals surface area (Å²) in [5.41, 5.74) is 4.48. The smallest absolute Gasteiger partial charge is 0.180 e. The van der Waals surface area contributed by atoms with Crippen LogP contribution >= 0.6 is 15.9 Å². The molecule has 1 aromatic carbocycles. The molecule has 0 saturated heterocycles. The standard InChI is InChI=1S/C14H15BrN6/c1-9(10-3-2-4-11(15)7-10)18-13-14-17-5-6-21(14)8-12(19-13)20-16/h2-9,20H,16H2,1H3,(H,18,19). The summed E-state index contributed by atoms with van der Waals surface area (Å²) in [6, 6.07) is 8.24. The molecule has 2 aromatic heterocycles. The number of fused-ring (bicyclic) bond motifs is 1. The molecule has 0 aliphatic rings. The summed E-state index contributed by atoms with van der Waals surface area (Å²) in [5, 5.41) is 3.38. The molecular formula is C14H15BrN6. The fraction of sp³-hybridized carbons (Fsp3) is 0.143. The molecule has 0 aliphatic carbocycles. The third kappa shape index (κ3) is 2.84. The average molecular weight is 347 g/mol. The number of hydrogen-bond acceptors (Lipinski definition) is 5. The maximum Gasteiger partial charge on any atom is 0.180 e. The van der Waals surface area contributed by atoms with E-state index >= 15 is 0 Å². The Bertz CT molecular complexity index is 769. The quantitative estimate of drug-likeness (QED) is 0.499. The van der Waals surface area contributed by atoms with Crippen LogP contribution in [0.3, 0.4) is 0 Å². The summed E-state index contributed by atoms with van der Waals surface area (Å²) in [7, 11) is 0. The average Bonchev–Trinajstić information content (AvgIpc) is 2.95. The number of anilines is 2. The van der Waals surface area contributed by atoms with Gasteiger partial charge in [-0.2, -0.15) is 0 Å². The topological polar surface area (TPSA) is 80.3 Å². The fourth-order valence-corrected chi connectivity index (χ4v) is 2.58. The molecule has 4 N–H and O–H groups in total. The third-order valence-corrected chi connectivity index (χ3v) is 3.72. The van der Waals surface area contributed by atoms with Crippen molar-refractivity contribution >= 4 is 33.2 Å². The van der Waals surface area contributed by atoms with Crippen molar-refractivity contribution in [1.82, 2.24) is 14.4 Å². The largest absolute Gasteiger partial charge is 0.360 e. The first-order valence-corrected chi connectivity index (χ1v) is 7.29. The lowest BCUT2D eigenvalue weighted by atomic mass is 10.1. The van der Waals surface area contributed by atoms with Gasteiger partial charge < -0.3 is 15.1 Å². The van der Waals surface area contributed by atoms with Crippen LogP contribution in [-0.2, 0) is 0 Å². The van der Waals surface area contributed by atoms with Crippen molar-refractivity contribution in [2.75, 3.05) is 10.7 Å². The highest BCUT2D eigenvalue weighted by atomic mass is 79.9. The molecule has 3 rings (SSSR count). The van der Waals surface area contributed by atoms with Crippen molar-refractivity contribution in [1.29, 1.82) is 0 Å². The zero-order chi connectivity index (χ0) is 14.8. The van der Waals surface area contributed by atoms with Crippen LogP contribution in [0.4, 0.5) is 11.6 Å². The van der Waals surface area contributed by atoms with E-state index in [1.54, 1.807) is 12.4 Å². The minimum Gasteiger partial charge on any atom is -0.360 e. The number of aromatic nitrogens is 3. The molecule has 0 aliphatic heterocycles. The van der Waals surface area contributed by atoms with Crippen molar-refractivity contribution in [3.63, 3.8) is 0 Å². The second-order valence-corrected chi connectivity index (χ2v) is 5.61. The predicted octanol–water partition coefficient (Wildman–Crippen LogP) is 2.95. The number of nitrogen functional groups attached to an aromatic ring is 1. The van der Waals surface area contributed by atoms with Crippen LogP contribution in [0.25, 0.3) is 5.65 Å². The van der Waals surface area contributed by atoms with Gasteiger partial charge in [0, 0.05) is 16.9 Å². The van der Waals surface area contributed by atoms with Gasteiger partial charge in [0.25, 0.3) is 0 Å². The number of halogens is 1. The number of imidazole rings is 1. The van der Waals surface area contributed by atoms with Gasteiger partial charge in [-0.25, -0.2) is 15.8 Å². The van der Waals surface area contributed by atoms with E-state index in [2.05, 4.69) is 55.7 Å². The molecule has 1 atom stereocenters. The van der Waals surface area contributed by atoms with Crippen molar-refractivity contribution in [3.05, 3.63) is 52.9 Å². The van der Waals surface area contributed by atoms with E-state index in [0.717, 1.165) is 15.7 Å². The van der Waals surface area contributed by atoms with E-state index in [0.29, 0.717) is 11.6 Å². The Morgan fingerprint density at radius 3 is 3.00 bits per heavy atom. The Balaban J connectivity index is 1.95. The number of rotatable bonds is 4. The molecule has 6 nitrogen and oxygen atoms in total. The first-order chi connectivity index (χ1) is 10.2. The minimum atomic E-state index is 0.0866. The summed E-state index contributed by atoms with van der Waals surface area (Å²) in [4.78, 5) is 8.76. The van der Waals surface area contributed by atoms with E-state index in [4.69, 9.17) is 5.84 Å². The molecule has 0 spiro atoms. The zero-order valence-electron chi connectivity index (χ0n) is 11.4. The first-order valence-electron chi connectivity index (χ1n) is 6.49. The number of hydrogen-bond donors (Lipinski definition) is 3. The van der Waals surface area contributed by atoms with E-state index in [1.807, 2.05) is 22.7 Å². The highest BCUT2D eigenvalue weighted by molar-refractivity contribution is 9.10. The van der Waals surface area contributed by atoms with Gasteiger partial charge >= 0.3 is 0 Å². The van der Waals surface area contributed by atoms with Crippen molar-refractivity contribution in [3.8, 4) is 0 Å². The lowest BCUT2D eigenvalue weighted by molar-refractivity contribution is 0.871. The second-order valence-electron chi connectivity index (χ2n) is 4.70. The van der Waals surface area contributed by atoms with Crippen molar-refractivity contribution in [2.45, 2.75) is 13.0 Å². The molecule has 0 bridgehead atoms. The molecule has 0 amide bonds. The Hall–Kier alpha value is -2.12. The van der Waals surface area contributed by atoms with Gasteiger partial charge in [0.05, 0.1) is 12.2 Å². The van der Waals surface area contributed by atoms with Gasteiger partial charge in [-0.05, 0) is 24.6 Å².